The van der Waals surface area contributed by atoms with E-state index in [1.54, 1.807) is 14.0 Å². The molecule has 2 heterocycles. The standard InChI is InChI=1S/C24H31N5O3/c1-24(23(32)26-18-12-6-7-13-18)16-29-20(22(31)28(24)2)15-19(27-29)21(30)25-14-8-11-17-9-4-3-5-10-17/h3-5,9-10,15,18H,6-8,11-14,16H2,1-2H3,(H,25,30)(H,26,32)/t24-/m1/s1. The lowest BCUT2D eigenvalue weighted by atomic mass is 9.95. The summed E-state index contributed by atoms with van der Waals surface area (Å²) in [6.45, 7) is 2.48. The van der Waals surface area contributed by atoms with E-state index in [2.05, 4.69) is 27.9 Å². The molecule has 0 unspecified atom stereocenters. The topological polar surface area (TPSA) is 96.3 Å². The summed E-state index contributed by atoms with van der Waals surface area (Å²) in [5.74, 6) is -0.795. The number of aryl methyl sites for hydroxylation is 1. The predicted octanol–water partition coefficient (Wildman–Crippen LogP) is 2.15. The van der Waals surface area contributed by atoms with Gasteiger partial charge < -0.3 is 15.5 Å². The Labute approximate surface area is 188 Å². The lowest BCUT2D eigenvalue weighted by Gasteiger charge is -2.41. The van der Waals surface area contributed by atoms with Gasteiger partial charge in [-0.15, -0.1) is 0 Å². The summed E-state index contributed by atoms with van der Waals surface area (Å²) in [6.07, 6.45) is 5.86. The van der Waals surface area contributed by atoms with Gasteiger partial charge >= 0.3 is 0 Å². The third-order valence-electron chi connectivity index (χ3n) is 6.68. The Bertz CT molecular complexity index is 996. The molecule has 1 atom stereocenters. The summed E-state index contributed by atoms with van der Waals surface area (Å²) < 4.78 is 1.50. The summed E-state index contributed by atoms with van der Waals surface area (Å²) in [4.78, 5) is 40.1. The minimum Gasteiger partial charge on any atom is -0.351 e. The highest BCUT2D eigenvalue weighted by Crippen LogP contribution is 2.27. The number of fused-ring (bicyclic) bond motifs is 1. The molecule has 0 saturated heterocycles. The Morgan fingerprint density at radius 2 is 1.91 bits per heavy atom. The Morgan fingerprint density at radius 1 is 1.19 bits per heavy atom. The molecule has 32 heavy (non-hydrogen) atoms. The molecule has 1 aromatic carbocycles. The fourth-order valence-electron chi connectivity index (χ4n) is 4.48. The first-order valence-electron chi connectivity index (χ1n) is 11.4. The molecule has 2 aliphatic rings. The van der Waals surface area contributed by atoms with E-state index in [0.717, 1.165) is 38.5 Å². The first-order chi connectivity index (χ1) is 15.4. The first kappa shape index (κ1) is 22.0. The Hall–Kier alpha value is -3.16. The van der Waals surface area contributed by atoms with Crippen LogP contribution in [0, 0.1) is 0 Å². The van der Waals surface area contributed by atoms with Gasteiger partial charge in [-0.3, -0.25) is 19.1 Å². The van der Waals surface area contributed by atoms with Gasteiger partial charge in [0.25, 0.3) is 11.8 Å². The van der Waals surface area contributed by atoms with Crippen LogP contribution in [0.4, 0.5) is 0 Å². The normalized spacial score (nSPS) is 20.8. The molecule has 0 radical (unpaired) electrons. The molecule has 1 aliphatic heterocycles. The Morgan fingerprint density at radius 3 is 2.62 bits per heavy atom. The van der Waals surface area contributed by atoms with Crippen molar-refractivity contribution < 1.29 is 14.4 Å². The lowest BCUT2D eigenvalue weighted by Crippen LogP contribution is -2.63. The van der Waals surface area contributed by atoms with Gasteiger partial charge in [-0.2, -0.15) is 5.10 Å². The first-order valence-corrected chi connectivity index (χ1v) is 11.4. The maximum atomic E-state index is 13.0. The van der Waals surface area contributed by atoms with E-state index in [4.69, 9.17) is 0 Å². The van der Waals surface area contributed by atoms with Crippen LogP contribution >= 0.6 is 0 Å². The van der Waals surface area contributed by atoms with Crippen LogP contribution < -0.4 is 10.6 Å². The van der Waals surface area contributed by atoms with Crippen LogP contribution in [0.5, 0.6) is 0 Å². The predicted molar refractivity (Wildman–Crippen MR) is 120 cm³/mol. The number of nitrogens with zero attached hydrogens (tertiary/aromatic N) is 3. The molecule has 1 aromatic heterocycles. The summed E-state index contributed by atoms with van der Waals surface area (Å²) in [5.41, 5.74) is 0.695. The minimum atomic E-state index is -1.05. The van der Waals surface area contributed by atoms with Gasteiger partial charge in [-0.05, 0) is 38.2 Å². The second-order valence-electron chi connectivity index (χ2n) is 9.01. The SMILES string of the molecule is CN1C(=O)c2cc(C(=O)NCCCc3ccccc3)nn2C[C@]1(C)C(=O)NC1CCCC1. The van der Waals surface area contributed by atoms with Gasteiger partial charge in [0.15, 0.2) is 5.69 Å². The molecule has 1 saturated carbocycles. The van der Waals surface area contributed by atoms with E-state index in [-0.39, 0.29) is 36.0 Å². The van der Waals surface area contributed by atoms with Crippen molar-refractivity contribution in [3.8, 4) is 0 Å². The number of benzene rings is 1. The highest BCUT2D eigenvalue weighted by atomic mass is 16.2. The number of amides is 3. The number of hydrogen-bond donors (Lipinski definition) is 2. The quantitative estimate of drug-likeness (QED) is 0.649. The lowest BCUT2D eigenvalue weighted by molar-refractivity contribution is -0.133. The van der Waals surface area contributed by atoms with E-state index >= 15 is 0 Å². The molecule has 0 spiro atoms. The van der Waals surface area contributed by atoms with Crippen LogP contribution in [-0.4, -0.2) is 57.6 Å². The number of rotatable bonds is 7. The zero-order chi connectivity index (χ0) is 22.7. The van der Waals surface area contributed by atoms with Crippen molar-refractivity contribution >= 4 is 17.7 Å². The molecule has 170 valence electrons. The third kappa shape index (κ3) is 4.40. The molecule has 8 heteroatoms. The van der Waals surface area contributed by atoms with E-state index < -0.39 is 5.54 Å². The largest absolute Gasteiger partial charge is 0.351 e. The second-order valence-corrected chi connectivity index (χ2v) is 9.01. The van der Waals surface area contributed by atoms with Gasteiger partial charge in [0, 0.05) is 25.7 Å². The molecule has 8 nitrogen and oxygen atoms in total. The van der Waals surface area contributed by atoms with Crippen molar-refractivity contribution in [3.63, 3.8) is 0 Å². The minimum absolute atomic E-state index is 0.166. The average Bonchev–Trinajstić information content (AvgIpc) is 3.45. The van der Waals surface area contributed by atoms with Gasteiger partial charge in [0.1, 0.15) is 11.2 Å². The van der Waals surface area contributed by atoms with Crippen LogP contribution in [0.1, 0.15) is 65.6 Å². The molecule has 3 amide bonds. The summed E-state index contributed by atoms with van der Waals surface area (Å²) in [7, 11) is 1.64. The maximum absolute atomic E-state index is 13.0. The molecule has 0 bridgehead atoms. The molecular weight excluding hydrogens is 406 g/mol. The highest BCUT2D eigenvalue weighted by molar-refractivity contribution is 6.01. The van der Waals surface area contributed by atoms with Crippen molar-refractivity contribution in [1.82, 2.24) is 25.3 Å². The number of hydrogen-bond acceptors (Lipinski definition) is 4. The van der Waals surface area contributed by atoms with Crippen LogP contribution in [0.25, 0.3) is 0 Å². The average molecular weight is 438 g/mol. The van der Waals surface area contributed by atoms with Crippen molar-refractivity contribution in [1.29, 1.82) is 0 Å². The van der Waals surface area contributed by atoms with E-state index in [0.29, 0.717) is 12.2 Å². The number of carbonyl (C=O) groups excluding carboxylic acids is 3. The van der Waals surface area contributed by atoms with Gasteiger partial charge in [0.2, 0.25) is 5.91 Å². The van der Waals surface area contributed by atoms with Crippen LogP contribution in [0.2, 0.25) is 0 Å². The Balaban J connectivity index is 1.39. The molecule has 1 fully saturated rings. The van der Waals surface area contributed by atoms with Gasteiger partial charge in [-0.1, -0.05) is 43.2 Å². The molecule has 4 rings (SSSR count). The monoisotopic (exact) mass is 437 g/mol. The Kier molecular flexibility index (Phi) is 6.30. The fourth-order valence-corrected chi connectivity index (χ4v) is 4.48. The van der Waals surface area contributed by atoms with Crippen molar-refractivity contribution in [2.75, 3.05) is 13.6 Å². The zero-order valence-corrected chi connectivity index (χ0v) is 18.8. The number of aromatic nitrogens is 2. The van der Waals surface area contributed by atoms with Gasteiger partial charge in [-0.25, -0.2) is 0 Å². The van der Waals surface area contributed by atoms with Crippen LogP contribution in [-0.2, 0) is 17.8 Å². The van der Waals surface area contributed by atoms with E-state index in [1.165, 1.54) is 21.2 Å². The number of nitrogens with one attached hydrogen (secondary N) is 2. The molecule has 2 aromatic rings. The maximum Gasteiger partial charge on any atom is 0.272 e. The van der Waals surface area contributed by atoms with Crippen molar-refractivity contribution in [3.05, 3.63) is 53.3 Å². The smallest absolute Gasteiger partial charge is 0.272 e. The fraction of sp³-hybridized carbons (Fsp3) is 0.500. The van der Waals surface area contributed by atoms with Crippen LogP contribution in [0.3, 0.4) is 0 Å². The highest BCUT2D eigenvalue weighted by Gasteiger charge is 2.46. The van der Waals surface area contributed by atoms with Gasteiger partial charge in [0.05, 0.1) is 6.54 Å². The zero-order valence-electron chi connectivity index (χ0n) is 18.8. The second kappa shape index (κ2) is 9.14. The summed E-state index contributed by atoms with van der Waals surface area (Å²) in [5, 5.41) is 10.3. The summed E-state index contributed by atoms with van der Waals surface area (Å²) in [6, 6.07) is 11.8. The third-order valence-corrected chi connectivity index (χ3v) is 6.68. The summed E-state index contributed by atoms with van der Waals surface area (Å²) >= 11 is 0. The van der Waals surface area contributed by atoms with E-state index in [1.807, 2.05) is 18.2 Å². The molecule has 2 N–H and O–H groups in total. The van der Waals surface area contributed by atoms with Crippen molar-refractivity contribution in [2.45, 2.75) is 63.6 Å². The molecular formula is C24H31N5O3. The number of likely N-dealkylation sites (N-methyl/N-ethyl adjacent to an activating group) is 1. The molecule has 1 aliphatic carbocycles. The van der Waals surface area contributed by atoms with Crippen molar-refractivity contribution in [2.24, 2.45) is 0 Å². The number of carbonyl (C=O) groups is 3. The van der Waals surface area contributed by atoms with Crippen LogP contribution in [0.15, 0.2) is 36.4 Å². The van der Waals surface area contributed by atoms with E-state index in [9.17, 15) is 14.4 Å².